The van der Waals surface area contributed by atoms with E-state index in [4.69, 9.17) is 5.73 Å². The second-order valence-electron chi connectivity index (χ2n) is 6.75. The average molecular weight is 429 g/mol. The molecule has 12 heteroatoms. The molecular weight excluding hydrogens is 408 g/mol. The maximum absolute atomic E-state index is 13.0. The highest BCUT2D eigenvalue weighted by Gasteiger charge is 2.38. The molecule has 0 aliphatic heterocycles. The molecule has 0 unspecified atom stereocenters. The van der Waals surface area contributed by atoms with Crippen LogP contribution in [0.2, 0.25) is 0 Å². The molecule has 0 aliphatic rings. The summed E-state index contributed by atoms with van der Waals surface area (Å²) in [5.74, 6) is -1.54. The van der Waals surface area contributed by atoms with Gasteiger partial charge in [0, 0.05) is 7.11 Å². The van der Waals surface area contributed by atoms with Crippen molar-refractivity contribution < 1.29 is 40.7 Å². The summed E-state index contributed by atoms with van der Waals surface area (Å²) < 4.78 is 82.7. The summed E-state index contributed by atoms with van der Waals surface area (Å²) in [6.07, 6.45) is -10.0. The second-order valence-corrected chi connectivity index (χ2v) is 6.75. The van der Waals surface area contributed by atoms with Crippen LogP contribution in [0.25, 0.3) is 0 Å². The van der Waals surface area contributed by atoms with Crippen LogP contribution < -0.4 is 16.4 Å². The Labute approximate surface area is 162 Å². The number of hydrogen-bond donors (Lipinski definition) is 3. The third-order valence-corrected chi connectivity index (χ3v) is 3.87. The fraction of sp³-hybridized carbons (Fsp3) is 0.529. The van der Waals surface area contributed by atoms with E-state index >= 15 is 0 Å². The fourth-order valence-corrected chi connectivity index (χ4v) is 2.33. The second kappa shape index (κ2) is 8.99. The number of benzene rings is 1. The van der Waals surface area contributed by atoms with Crippen LogP contribution in [0.5, 0.6) is 0 Å². The Morgan fingerprint density at radius 3 is 1.86 bits per heavy atom. The Bertz CT molecular complexity index is 715. The lowest BCUT2D eigenvalue weighted by Gasteiger charge is -2.29. The van der Waals surface area contributed by atoms with Gasteiger partial charge in [0.15, 0.2) is 0 Å². The molecule has 1 rings (SSSR count). The molecule has 0 spiro atoms. The van der Waals surface area contributed by atoms with Crippen molar-refractivity contribution in [2.24, 2.45) is 5.73 Å². The van der Waals surface area contributed by atoms with Gasteiger partial charge >= 0.3 is 12.4 Å². The van der Waals surface area contributed by atoms with Crippen molar-refractivity contribution in [2.75, 3.05) is 20.3 Å². The largest absolute Gasteiger partial charge is 0.416 e. The summed E-state index contributed by atoms with van der Waals surface area (Å²) in [4.78, 5) is 23.7. The molecule has 0 bridgehead atoms. The van der Waals surface area contributed by atoms with E-state index in [1.807, 2.05) is 0 Å². The van der Waals surface area contributed by atoms with Crippen LogP contribution in [-0.4, -0.2) is 38.1 Å². The molecule has 2 amide bonds. The van der Waals surface area contributed by atoms with Crippen LogP contribution in [0.15, 0.2) is 18.2 Å². The number of methoxy groups -OCH3 is 1. The van der Waals surface area contributed by atoms with E-state index in [0.29, 0.717) is 12.1 Å². The minimum Gasteiger partial charge on any atom is -0.383 e. The molecule has 0 radical (unpaired) electrons. The molecule has 0 fully saturated rings. The van der Waals surface area contributed by atoms with Crippen LogP contribution in [0.1, 0.15) is 30.5 Å². The normalized spacial score (nSPS) is 13.7. The van der Waals surface area contributed by atoms with Crippen LogP contribution in [-0.2, 0) is 32.2 Å². The zero-order chi connectivity index (χ0) is 22.6. The summed E-state index contributed by atoms with van der Waals surface area (Å²) in [6, 6.07) is 0.0166. The number of alkyl halides is 6. The van der Waals surface area contributed by atoms with Gasteiger partial charge in [-0.25, -0.2) is 0 Å². The number of nitrogens with two attached hydrogens (primary N) is 1. The fourth-order valence-electron chi connectivity index (χ4n) is 2.33. The third-order valence-electron chi connectivity index (χ3n) is 3.87. The predicted molar refractivity (Wildman–Crippen MR) is 90.5 cm³/mol. The number of halogens is 6. The highest BCUT2D eigenvalue weighted by atomic mass is 19.4. The molecule has 6 nitrogen and oxygen atoms in total. The van der Waals surface area contributed by atoms with Gasteiger partial charge in [-0.3, -0.25) is 9.59 Å². The van der Waals surface area contributed by atoms with E-state index in [1.54, 1.807) is 0 Å². The molecule has 0 heterocycles. The van der Waals surface area contributed by atoms with Gasteiger partial charge in [-0.1, -0.05) is 0 Å². The van der Waals surface area contributed by atoms with E-state index < -0.39 is 59.0 Å². The van der Waals surface area contributed by atoms with Crippen LogP contribution in [0.3, 0.4) is 0 Å². The smallest absolute Gasteiger partial charge is 0.383 e. The van der Waals surface area contributed by atoms with Crippen LogP contribution in [0, 0.1) is 0 Å². The maximum atomic E-state index is 13.0. The Balaban J connectivity index is 3.03. The number of hydrogen-bond acceptors (Lipinski definition) is 4. The first-order valence-electron chi connectivity index (χ1n) is 8.21. The van der Waals surface area contributed by atoms with Crippen molar-refractivity contribution in [3.63, 3.8) is 0 Å². The zero-order valence-corrected chi connectivity index (χ0v) is 15.8. The van der Waals surface area contributed by atoms with E-state index in [2.05, 4.69) is 15.4 Å². The molecule has 1 aromatic carbocycles. The summed E-state index contributed by atoms with van der Waals surface area (Å²) in [5.41, 5.74) is 0.465. The van der Waals surface area contributed by atoms with Gasteiger partial charge in [0.05, 0.1) is 29.8 Å². The lowest BCUT2D eigenvalue weighted by atomic mass is 9.90. The van der Waals surface area contributed by atoms with Crippen molar-refractivity contribution in [3.05, 3.63) is 34.9 Å². The average Bonchev–Trinajstić information content (AvgIpc) is 2.57. The summed E-state index contributed by atoms with van der Waals surface area (Å²) >= 11 is 0. The van der Waals surface area contributed by atoms with Crippen molar-refractivity contribution in [1.82, 2.24) is 10.6 Å². The Morgan fingerprint density at radius 1 is 1.00 bits per heavy atom. The Hall–Kier alpha value is -2.34. The molecule has 29 heavy (non-hydrogen) atoms. The van der Waals surface area contributed by atoms with Crippen molar-refractivity contribution >= 4 is 11.8 Å². The molecular formula is C17H21F6N3O3. The Morgan fingerprint density at radius 2 is 1.45 bits per heavy atom. The number of amides is 2. The van der Waals surface area contributed by atoms with Gasteiger partial charge in [0.1, 0.15) is 6.04 Å². The minimum atomic E-state index is -5.01. The summed E-state index contributed by atoms with van der Waals surface area (Å²) in [7, 11) is 1.31. The zero-order valence-electron chi connectivity index (χ0n) is 15.8. The number of ether oxygens (including phenoxy) is 1. The van der Waals surface area contributed by atoms with Gasteiger partial charge in [0.2, 0.25) is 11.8 Å². The molecule has 0 saturated carbocycles. The number of nitrogens with one attached hydrogen (secondary N) is 2. The van der Waals surface area contributed by atoms with Crippen LogP contribution in [0.4, 0.5) is 26.3 Å². The van der Waals surface area contributed by atoms with Crippen molar-refractivity contribution in [2.45, 2.75) is 37.8 Å². The molecule has 0 aromatic heterocycles. The molecule has 1 aromatic rings. The third kappa shape index (κ3) is 7.20. The minimum absolute atomic E-state index is 0.00118. The van der Waals surface area contributed by atoms with Gasteiger partial charge in [-0.2, -0.15) is 26.3 Å². The molecule has 164 valence electrons. The topological polar surface area (TPSA) is 93.4 Å². The van der Waals surface area contributed by atoms with Gasteiger partial charge in [0.25, 0.3) is 0 Å². The molecule has 1 atom stereocenters. The quantitative estimate of drug-likeness (QED) is 0.580. The highest BCUT2D eigenvalue weighted by Crippen LogP contribution is 2.38. The first kappa shape index (κ1) is 24.7. The van der Waals surface area contributed by atoms with Gasteiger partial charge in [-0.05, 0) is 37.6 Å². The monoisotopic (exact) mass is 429 g/mol. The highest BCUT2D eigenvalue weighted by molar-refractivity contribution is 5.87. The lowest BCUT2D eigenvalue weighted by Crippen LogP contribution is -2.49. The summed E-state index contributed by atoms with van der Waals surface area (Å²) in [6.45, 7) is 1.78. The van der Waals surface area contributed by atoms with Crippen molar-refractivity contribution in [1.29, 1.82) is 0 Å². The number of carbonyl (C=O) groups excluding carboxylic acids is 2. The molecule has 0 saturated heterocycles. The van der Waals surface area contributed by atoms with Crippen molar-refractivity contribution in [3.8, 4) is 0 Å². The number of rotatable bonds is 7. The maximum Gasteiger partial charge on any atom is 0.416 e. The van der Waals surface area contributed by atoms with Gasteiger partial charge < -0.3 is 21.1 Å². The number of carbonyl (C=O) groups is 2. The lowest BCUT2D eigenvalue weighted by molar-refractivity contribution is -0.143. The first-order valence-corrected chi connectivity index (χ1v) is 8.21. The molecule has 0 aliphatic carbocycles. The van der Waals surface area contributed by atoms with Crippen LogP contribution >= 0.6 is 0 Å². The van der Waals surface area contributed by atoms with E-state index in [9.17, 15) is 35.9 Å². The first-order chi connectivity index (χ1) is 13.1. The SMILES string of the molecule is COC[C@@H](N)C(=O)NCC(=O)NC(C)(C)c1cc(C(F)(F)F)cc(C(F)(F)F)c1. The summed E-state index contributed by atoms with van der Waals surface area (Å²) in [5, 5.41) is 4.49. The standard InChI is InChI=1S/C17H21F6N3O3/c1-15(2,26-13(27)7-25-14(28)12(24)8-29-3)9-4-10(16(18,19)20)6-11(5-9)17(21,22)23/h4-6,12H,7-8,24H2,1-3H3,(H,25,28)(H,26,27)/t12-/m1/s1. The van der Waals surface area contributed by atoms with E-state index in [0.717, 1.165) is 0 Å². The Kier molecular flexibility index (Phi) is 7.66. The van der Waals surface area contributed by atoms with E-state index in [1.165, 1.54) is 21.0 Å². The van der Waals surface area contributed by atoms with E-state index in [-0.39, 0.29) is 12.7 Å². The predicted octanol–water partition coefficient (Wildman–Crippen LogP) is 2.17. The molecule has 4 N–H and O–H groups in total. The van der Waals surface area contributed by atoms with Gasteiger partial charge in [-0.15, -0.1) is 0 Å².